The van der Waals surface area contributed by atoms with Gasteiger partial charge in [0.05, 0.1) is 12.5 Å². The number of ether oxygens (including phenoxy) is 1. The second-order valence-electron chi connectivity index (χ2n) is 4.81. The normalized spacial score (nSPS) is 14.0. The van der Waals surface area contributed by atoms with Crippen LogP contribution in [0.15, 0.2) is 29.2 Å². The van der Waals surface area contributed by atoms with Crippen molar-refractivity contribution in [2.75, 3.05) is 20.8 Å². The van der Waals surface area contributed by atoms with E-state index in [4.69, 9.17) is 16.3 Å². The van der Waals surface area contributed by atoms with E-state index >= 15 is 0 Å². The lowest BCUT2D eigenvalue weighted by molar-refractivity contribution is 0.149. The van der Waals surface area contributed by atoms with Crippen LogP contribution in [0.2, 0.25) is 0 Å². The molecule has 0 saturated carbocycles. The monoisotopic (exact) mass is 347 g/mol. The molecule has 7 heteroatoms. The fourth-order valence-corrected chi connectivity index (χ4v) is 5.64. The zero-order valence-electron chi connectivity index (χ0n) is 12.2. The highest BCUT2D eigenvalue weighted by atomic mass is 35.5. The number of hydrogen-bond acceptors (Lipinski definition) is 4. The van der Waals surface area contributed by atoms with E-state index in [0.29, 0.717) is 16.4 Å². The Balaban J connectivity index is 2.59. The van der Waals surface area contributed by atoms with Crippen LogP contribution in [0.4, 0.5) is 0 Å². The van der Waals surface area contributed by atoms with Crippen LogP contribution in [-0.2, 0) is 20.6 Å². The molecule has 21 heavy (non-hydrogen) atoms. The number of sulfonamides is 1. The molecule has 0 bridgehead atoms. The molecule has 0 fully saturated rings. The molecule has 1 aromatic carbocycles. The first-order valence-electron chi connectivity index (χ1n) is 6.46. The maximum atomic E-state index is 12.9. The van der Waals surface area contributed by atoms with E-state index in [-0.39, 0.29) is 11.9 Å². The first-order valence-corrected chi connectivity index (χ1v) is 9.26. The van der Waals surface area contributed by atoms with E-state index in [0.717, 1.165) is 10.1 Å². The Morgan fingerprint density at radius 1 is 1.38 bits per heavy atom. The largest absolute Gasteiger partial charge is 0.383 e. The highest BCUT2D eigenvalue weighted by Gasteiger charge is 2.30. The number of rotatable bonds is 6. The topological polar surface area (TPSA) is 46.6 Å². The van der Waals surface area contributed by atoms with Crippen LogP contribution in [-0.4, -0.2) is 39.5 Å². The number of nitrogens with zero attached hydrogens (tertiary/aromatic N) is 1. The van der Waals surface area contributed by atoms with Gasteiger partial charge in [-0.15, -0.1) is 22.9 Å². The summed E-state index contributed by atoms with van der Waals surface area (Å²) in [4.78, 5) is 0.998. The Labute approximate surface area is 134 Å². The van der Waals surface area contributed by atoms with Gasteiger partial charge in [0, 0.05) is 35.2 Å². The van der Waals surface area contributed by atoms with Crippen LogP contribution in [0, 0.1) is 0 Å². The Morgan fingerprint density at radius 3 is 2.67 bits per heavy atom. The third-order valence-electron chi connectivity index (χ3n) is 3.41. The van der Waals surface area contributed by atoms with Crippen molar-refractivity contribution < 1.29 is 13.2 Å². The lowest BCUT2D eigenvalue weighted by atomic mass is 10.2. The Hall–Kier alpha value is -0.660. The lowest BCUT2D eigenvalue weighted by Gasteiger charge is -2.24. The van der Waals surface area contributed by atoms with Gasteiger partial charge in [-0.3, -0.25) is 0 Å². The molecule has 0 aliphatic carbocycles. The maximum absolute atomic E-state index is 12.9. The number of likely N-dealkylation sites (N-methyl/N-ethyl adjacent to an activating group) is 1. The molecule has 1 atom stereocenters. The Morgan fingerprint density at radius 2 is 2.05 bits per heavy atom. The zero-order chi connectivity index (χ0) is 15.6. The van der Waals surface area contributed by atoms with E-state index < -0.39 is 10.0 Å². The number of methoxy groups -OCH3 is 1. The molecule has 1 heterocycles. The smallest absolute Gasteiger partial charge is 0.244 e. The Kier molecular flexibility index (Phi) is 5.27. The number of halogens is 1. The number of thiophene rings is 1. The second kappa shape index (κ2) is 6.62. The summed E-state index contributed by atoms with van der Waals surface area (Å²) in [5.74, 6) is 0.181. The molecule has 116 valence electrons. The summed E-state index contributed by atoms with van der Waals surface area (Å²) in [5.41, 5.74) is 0. The molecule has 0 aliphatic heterocycles. The minimum atomic E-state index is -3.61. The molecule has 2 aromatic rings. The molecular weight excluding hydrogens is 330 g/mol. The zero-order valence-corrected chi connectivity index (χ0v) is 14.6. The third kappa shape index (κ3) is 3.10. The van der Waals surface area contributed by atoms with Gasteiger partial charge >= 0.3 is 0 Å². The fourth-order valence-electron chi connectivity index (χ4n) is 2.17. The van der Waals surface area contributed by atoms with Crippen LogP contribution < -0.4 is 0 Å². The van der Waals surface area contributed by atoms with E-state index in [1.807, 2.05) is 31.2 Å². The molecule has 0 radical (unpaired) electrons. The average Bonchev–Trinajstić information content (AvgIpc) is 2.85. The standard InChI is InChI=1S/C14H18ClNO3S2/c1-10(9-19-3)16(2)21(17,18)14-11-6-4-5-7-12(11)20-13(14)8-15/h4-7,10H,8-9H2,1-3H3. The molecule has 4 nitrogen and oxygen atoms in total. The maximum Gasteiger partial charge on any atom is 0.244 e. The molecule has 1 aromatic heterocycles. The van der Waals surface area contributed by atoms with Gasteiger partial charge in [0.25, 0.3) is 0 Å². The van der Waals surface area contributed by atoms with Crippen molar-refractivity contribution in [3.63, 3.8) is 0 Å². The molecule has 0 spiro atoms. The summed E-state index contributed by atoms with van der Waals surface area (Å²) in [6.45, 7) is 2.16. The highest BCUT2D eigenvalue weighted by Crippen LogP contribution is 2.37. The quantitative estimate of drug-likeness (QED) is 0.753. The van der Waals surface area contributed by atoms with E-state index in [1.165, 1.54) is 15.6 Å². The summed E-state index contributed by atoms with van der Waals surface area (Å²) < 4.78 is 33.2. The van der Waals surface area contributed by atoms with Gasteiger partial charge in [-0.25, -0.2) is 8.42 Å². The summed E-state index contributed by atoms with van der Waals surface area (Å²) in [7, 11) is -0.478. The van der Waals surface area contributed by atoms with Crippen molar-refractivity contribution in [1.82, 2.24) is 4.31 Å². The fraction of sp³-hybridized carbons (Fsp3) is 0.429. The van der Waals surface area contributed by atoms with Crippen molar-refractivity contribution in [3.05, 3.63) is 29.1 Å². The molecular formula is C14H18ClNO3S2. The van der Waals surface area contributed by atoms with Crippen molar-refractivity contribution in [2.24, 2.45) is 0 Å². The van der Waals surface area contributed by atoms with Gasteiger partial charge in [0.2, 0.25) is 10.0 Å². The number of fused-ring (bicyclic) bond motifs is 1. The van der Waals surface area contributed by atoms with E-state index in [2.05, 4.69) is 0 Å². The van der Waals surface area contributed by atoms with Gasteiger partial charge in [-0.05, 0) is 13.0 Å². The van der Waals surface area contributed by atoms with Gasteiger partial charge in [0.1, 0.15) is 4.90 Å². The van der Waals surface area contributed by atoms with Crippen molar-refractivity contribution in [3.8, 4) is 0 Å². The predicted molar refractivity (Wildman–Crippen MR) is 87.7 cm³/mol. The van der Waals surface area contributed by atoms with Gasteiger partial charge in [-0.1, -0.05) is 18.2 Å². The summed E-state index contributed by atoms with van der Waals surface area (Å²) in [5, 5.41) is 0.731. The molecule has 1 unspecified atom stereocenters. The molecule has 0 aliphatic rings. The molecule has 0 amide bonds. The van der Waals surface area contributed by atoms with Crippen LogP contribution in [0.1, 0.15) is 11.8 Å². The van der Waals surface area contributed by atoms with Crippen molar-refractivity contribution in [1.29, 1.82) is 0 Å². The SMILES string of the molecule is COCC(C)N(C)S(=O)(=O)c1c(CCl)sc2ccccc12. The van der Waals surface area contributed by atoms with Crippen LogP contribution in [0.5, 0.6) is 0 Å². The number of alkyl halides is 1. The van der Waals surface area contributed by atoms with Crippen molar-refractivity contribution >= 4 is 43.0 Å². The number of benzene rings is 1. The minimum absolute atomic E-state index is 0.181. The number of hydrogen-bond donors (Lipinski definition) is 0. The third-order valence-corrected chi connectivity index (χ3v) is 7.23. The summed E-state index contributed by atoms with van der Waals surface area (Å²) in [6, 6.07) is 7.22. The average molecular weight is 348 g/mol. The first kappa shape index (κ1) is 16.7. The predicted octanol–water partition coefficient (Wildman–Crippen LogP) is 3.30. The van der Waals surface area contributed by atoms with Crippen molar-refractivity contribution in [2.45, 2.75) is 23.7 Å². The highest BCUT2D eigenvalue weighted by molar-refractivity contribution is 7.89. The summed E-state index contributed by atoms with van der Waals surface area (Å²) >= 11 is 7.38. The van der Waals surface area contributed by atoms with Crippen LogP contribution in [0.25, 0.3) is 10.1 Å². The van der Waals surface area contributed by atoms with Crippen LogP contribution in [0.3, 0.4) is 0 Å². The lowest BCUT2D eigenvalue weighted by Crippen LogP contribution is -2.38. The first-order chi connectivity index (χ1) is 9.93. The van der Waals surface area contributed by atoms with Gasteiger partial charge in [0.15, 0.2) is 0 Å². The molecule has 0 N–H and O–H groups in total. The van der Waals surface area contributed by atoms with Gasteiger partial charge in [-0.2, -0.15) is 4.31 Å². The second-order valence-corrected chi connectivity index (χ2v) is 8.15. The Bertz CT molecular complexity index is 727. The van der Waals surface area contributed by atoms with Crippen LogP contribution >= 0.6 is 22.9 Å². The summed E-state index contributed by atoms with van der Waals surface area (Å²) in [6.07, 6.45) is 0. The van der Waals surface area contributed by atoms with E-state index in [1.54, 1.807) is 14.2 Å². The minimum Gasteiger partial charge on any atom is -0.383 e. The molecule has 2 rings (SSSR count). The van der Waals surface area contributed by atoms with E-state index in [9.17, 15) is 8.42 Å². The molecule has 0 saturated heterocycles. The van der Waals surface area contributed by atoms with Gasteiger partial charge < -0.3 is 4.74 Å².